The van der Waals surface area contributed by atoms with E-state index in [0.717, 1.165) is 6.61 Å². The van der Waals surface area contributed by atoms with Gasteiger partial charge in [-0.1, -0.05) is 12.2 Å². The molecule has 31 valence electrons. The molecular formula is C4H5OSi. The molecule has 0 aromatic rings. The zero-order valence-corrected chi connectivity index (χ0v) is 4.35. The van der Waals surface area contributed by atoms with E-state index in [1.54, 1.807) is 0 Å². The van der Waals surface area contributed by atoms with E-state index in [9.17, 15) is 0 Å². The predicted octanol–water partition coefficient (Wildman–Crippen LogP) is 0.0674. The fraction of sp³-hybridized carbons (Fsp3) is 0.500. The average Bonchev–Trinajstić information content (AvgIpc) is 1.86. The molecule has 0 amide bonds. The van der Waals surface area contributed by atoms with E-state index in [1.165, 1.54) is 0 Å². The summed E-state index contributed by atoms with van der Waals surface area (Å²) in [5.74, 6) is 0. The Kier molecular flexibility index (Phi) is 1.07. The van der Waals surface area contributed by atoms with Gasteiger partial charge in [-0.2, -0.15) is 0 Å². The molecule has 0 aromatic heterocycles. The minimum Gasteiger partial charge on any atom is -0.375 e. The van der Waals surface area contributed by atoms with Crippen molar-refractivity contribution in [3.63, 3.8) is 0 Å². The van der Waals surface area contributed by atoms with Gasteiger partial charge in [-0.05, 0) is 0 Å². The Morgan fingerprint density at radius 3 is 2.83 bits per heavy atom. The lowest BCUT2D eigenvalue weighted by molar-refractivity contribution is 0.183. The van der Waals surface area contributed by atoms with Gasteiger partial charge in [0.15, 0.2) is 0 Å². The highest BCUT2D eigenvalue weighted by Crippen LogP contribution is 1.95. The molecule has 0 bridgehead atoms. The van der Waals surface area contributed by atoms with Crippen molar-refractivity contribution in [3.05, 3.63) is 12.2 Å². The Hall–Kier alpha value is -0.0831. The molecule has 0 fully saturated rings. The van der Waals surface area contributed by atoms with E-state index in [0.29, 0.717) is 0 Å². The zero-order valence-electron chi connectivity index (χ0n) is 3.35. The first-order chi connectivity index (χ1) is 2.89. The molecule has 6 heavy (non-hydrogen) atoms. The number of hydrogen-bond acceptors (Lipinski definition) is 1. The van der Waals surface area contributed by atoms with Crippen molar-refractivity contribution < 1.29 is 4.74 Å². The van der Waals surface area contributed by atoms with Crippen LogP contribution in [0.2, 0.25) is 0 Å². The summed E-state index contributed by atoms with van der Waals surface area (Å²) in [4.78, 5) is 0. The summed E-state index contributed by atoms with van der Waals surface area (Å²) in [5, 5.41) is 0. The van der Waals surface area contributed by atoms with Gasteiger partial charge in [0.1, 0.15) is 0 Å². The second-order valence-electron chi connectivity index (χ2n) is 1.18. The van der Waals surface area contributed by atoms with Crippen LogP contribution in [0.4, 0.5) is 0 Å². The van der Waals surface area contributed by atoms with Crippen LogP contribution >= 0.6 is 0 Å². The van der Waals surface area contributed by atoms with Crippen LogP contribution in [0.1, 0.15) is 0 Å². The van der Waals surface area contributed by atoms with E-state index < -0.39 is 0 Å². The Morgan fingerprint density at radius 2 is 2.67 bits per heavy atom. The highest BCUT2D eigenvalue weighted by Gasteiger charge is 1.98. The fourth-order valence-corrected chi connectivity index (χ4v) is 0.626. The summed E-state index contributed by atoms with van der Waals surface area (Å²) in [7, 11) is 3.27. The Balaban J connectivity index is 2.38. The summed E-state index contributed by atoms with van der Waals surface area (Å²) >= 11 is 0. The third-order valence-corrected chi connectivity index (χ3v) is 1.04. The quantitative estimate of drug-likeness (QED) is 0.307. The first-order valence-electron chi connectivity index (χ1n) is 1.89. The zero-order chi connectivity index (χ0) is 4.41. The number of rotatable bonds is 0. The molecule has 0 spiro atoms. The van der Waals surface area contributed by atoms with Crippen LogP contribution in [-0.2, 0) is 4.74 Å². The lowest BCUT2D eigenvalue weighted by atomic mass is 10.6. The van der Waals surface area contributed by atoms with Crippen LogP contribution in [-0.4, -0.2) is 22.6 Å². The van der Waals surface area contributed by atoms with Crippen LogP contribution in [0.3, 0.4) is 0 Å². The van der Waals surface area contributed by atoms with E-state index >= 15 is 0 Å². The van der Waals surface area contributed by atoms with E-state index in [4.69, 9.17) is 4.74 Å². The molecule has 0 saturated carbocycles. The van der Waals surface area contributed by atoms with Gasteiger partial charge in [0, 0.05) is 0 Å². The van der Waals surface area contributed by atoms with Crippen molar-refractivity contribution in [3.8, 4) is 0 Å². The first-order valence-corrected chi connectivity index (χ1v) is 2.47. The van der Waals surface area contributed by atoms with Crippen molar-refractivity contribution in [1.29, 1.82) is 0 Å². The first kappa shape index (κ1) is 4.09. The van der Waals surface area contributed by atoms with Gasteiger partial charge in [-0.15, -0.1) is 0 Å². The van der Waals surface area contributed by atoms with E-state index in [2.05, 4.69) is 10.2 Å². The molecular weight excluding hydrogens is 92.1 g/mol. The molecule has 0 aromatic carbocycles. The van der Waals surface area contributed by atoms with Crippen molar-refractivity contribution in [2.24, 2.45) is 0 Å². The minimum atomic E-state index is 0.171. The highest BCUT2D eigenvalue weighted by molar-refractivity contribution is 6.12. The van der Waals surface area contributed by atoms with Crippen LogP contribution in [0.15, 0.2) is 12.2 Å². The van der Waals surface area contributed by atoms with Crippen LogP contribution in [0.25, 0.3) is 0 Å². The lowest BCUT2D eigenvalue weighted by Crippen LogP contribution is -2.01. The summed E-state index contributed by atoms with van der Waals surface area (Å²) in [6, 6.07) is 0. The van der Waals surface area contributed by atoms with Crippen molar-refractivity contribution >= 4 is 10.2 Å². The normalized spacial score (nSPS) is 31.8. The second-order valence-corrected chi connectivity index (χ2v) is 1.75. The maximum atomic E-state index is 4.96. The molecule has 1 rings (SSSR count). The topological polar surface area (TPSA) is 9.23 Å². The standard InChI is InChI=1S/C4H5OSi/c6-4-2-1-3-5-4/h1-2,4H,3H2. The monoisotopic (exact) mass is 97.0 g/mol. The molecule has 1 heterocycles. The SMILES string of the molecule is [Si]C1C=CCO1. The molecule has 1 aliphatic heterocycles. The summed E-state index contributed by atoms with van der Waals surface area (Å²) in [5.41, 5.74) is 0.171. The molecule has 1 unspecified atom stereocenters. The molecule has 0 N–H and O–H groups in total. The Morgan fingerprint density at radius 1 is 1.83 bits per heavy atom. The van der Waals surface area contributed by atoms with E-state index in [-0.39, 0.29) is 5.73 Å². The number of ether oxygens (including phenoxy) is 1. The molecule has 0 aliphatic carbocycles. The summed E-state index contributed by atoms with van der Waals surface area (Å²) in [6.07, 6.45) is 3.95. The number of hydrogen-bond donors (Lipinski definition) is 0. The molecule has 1 aliphatic rings. The summed E-state index contributed by atoms with van der Waals surface area (Å²) in [6.45, 7) is 0.758. The van der Waals surface area contributed by atoms with Gasteiger partial charge in [0.2, 0.25) is 0 Å². The third kappa shape index (κ3) is 0.697. The smallest absolute Gasteiger partial charge is 0.0716 e. The fourth-order valence-electron chi connectivity index (χ4n) is 0.394. The van der Waals surface area contributed by atoms with Crippen molar-refractivity contribution in [1.82, 2.24) is 0 Å². The maximum Gasteiger partial charge on any atom is 0.0716 e. The third-order valence-electron chi connectivity index (χ3n) is 0.683. The van der Waals surface area contributed by atoms with Crippen LogP contribution in [0, 0.1) is 0 Å². The van der Waals surface area contributed by atoms with E-state index in [1.807, 2.05) is 12.2 Å². The largest absolute Gasteiger partial charge is 0.375 e. The molecule has 1 nitrogen and oxygen atoms in total. The lowest BCUT2D eigenvalue weighted by Gasteiger charge is -1.93. The molecule has 1 atom stereocenters. The van der Waals surface area contributed by atoms with Crippen LogP contribution in [0.5, 0.6) is 0 Å². The van der Waals surface area contributed by atoms with Gasteiger partial charge in [-0.3, -0.25) is 0 Å². The van der Waals surface area contributed by atoms with Gasteiger partial charge in [0.05, 0.1) is 22.6 Å². The van der Waals surface area contributed by atoms with Crippen molar-refractivity contribution in [2.75, 3.05) is 6.61 Å². The Labute approximate surface area is 40.4 Å². The van der Waals surface area contributed by atoms with Crippen molar-refractivity contribution in [2.45, 2.75) is 5.73 Å². The highest BCUT2D eigenvalue weighted by atomic mass is 28.1. The van der Waals surface area contributed by atoms with Gasteiger partial charge in [0.25, 0.3) is 0 Å². The summed E-state index contributed by atoms with van der Waals surface area (Å²) < 4.78 is 4.96. The Bertz CT molecular complexity index is 69.9. The van der Waals surface area contributed by atoms with Gasteiger partial charge >= 0.3 is 0 Å². The molecule has 0 saturated heterocycles. The second kappa shape index (κ2) is 1.58. The average molecular weight is 97.2 g/mol. The molecule has 3 radical (unpaired) electrons. The predicted molar refractivity (Wildman–Crippen MR) is 24.6 cm³/mol. The molecule has 2 heteroatoms. The maximum absolute atomic E-state index is 4.96. The van der Waals surface area contributed by atoms with Gasteiger partial charge in [-0.25, -0.2) is 0 Å². The van der Waals surface area contributed by atoms with Crippen LogP contribution < -0.4 is 0 Å². The van der Waals surface area contributed by atoms with Gasteiger partial charge < -0.3 is 4.74 Å². The minimum absolute atomic E-state index is 0.171.